The molecule has 0 heterocycles. The van der Waals surface area contributed by atoms with Gasteiger partial charge in [0.05, 0.1) is 0 Å². The summed E-state index contributed by atoms with van der Waals surface area (Å²) in [5.74, 6) is 0. The summed E-state index contributed by atoms with van der Waals surface area (Å²) in [4.78, 5) is 0. The SMILES string of the molecule is Cc1c(C)c(C)c([Se])c(C)c1C. The molecule has 0 saturated heterocycles. The number of benzene rings is 1. The van der Waals surface area contributed by atoms with Crippen LogP contribution in [0, 0.1) is 34.6 Å². The van der Waals surface area contributed by atoms with Crippen LogP contribution in [0.15, 0.2) is 0 Å². The van der Waals surface area contributed by atoms with Gasteiger partial charge in [0.2, 0.25) is 0 Å². The van der Waals surface area contributed by atoms with Crippen molar-refractivity contribution in [2.45, 2.75) is 34.6 Å². The molecule has 12 heavy (non-hydrogen) atoms. The molecule has 65 valence electrons. The van der Waals surface area contributed by atoms with Gasteiger partial charge >= 0.3 is 82.9 Å². The van der Waals surface area contributed by atoms with E-state index in [1.54, 1.807) is 0 Å². The first-order valence-electron chi connectivity index (χ1n) is 4.20. The van der Waals surface area contributed by atoms with Crippen molar-refractivity contribution in [2.75, 3.05) is 0 Å². The van der Waals surface area contributed by atoms with E-state index in [0.717, 1.165) is 0 Å². The molecule has 0 aliphatic rings. The quantitative estimate of drug-likeness (QED) is 0.594. The van der Waals surface area contributed by atoms with Gasteiger partial charge in [-0.1, -0.05) is 0 Å². The van der Waals surface area contributed by atoms with Gasteiger partial charge in [-0.15, -0.1) is 0 Å². The second-order valence-electron chi connectivity index (χ2n) is 3.45. The van der Waals surface area contributed by atoms with Crippen molar-refractivity contribution in [1.29, 1.82) is 0 Å². The summed E-state index contributed by atoms with van der Waals surface area (Å²) in [6, 6.07) is 0. The van der Waals surface area contributed by atoms with E-state index < -0.39 is 0 Å². The van der Waals surface area contributed by atoms with Gasteiger partial charge < -0.3 is 0 Å². The monoisotopic (exact) mass is 227 g/mol. The Morgan fingerprint density at radius 1 is 0.583 bits per heavy atom. The molecule has 0 saturated carbocycles. The van der Waals surface area contributed by atoms with Crippen molar-refractivity contribution in [3.63, 3.8) is 0 Å². The molecule has 0 aliphatic carbocycles. The molecule has 0 aliphatic heterocycles. The average Bonchev–Trinajstić information content (AvgIpc) is 2.08. The van der Waals surface area contributed by atoms with Crippen molar-refractivity contribution in [3.05, 3.63) is 27.8 Å². The summed E-state index contributed by atoms with van der Waals surface area (Å²) in [5, 5.41) is 0. The molecule has 0 unspecified atom stereocenters. The molecule has 0 spiro atoms. The van der Waals surface area contributed by atoms with Gasteiger partial charge in [0.25, 0.3) is 0 Å². The van der Waals surface area contributed by atoms with E-state index in [4.69, 9.17) is 0 Å². The summed E-state index contributed by atoms with van der Waals surface area (Å²) in [6.45, 7) is 10.9. The zero-order valence-electron chi connectivity index (χ0n) is 8.41. The molecule has 1 aromatic carbocycles. The van der Waals surface area contributed by atoms with E-state index in [2.05, 4.69) is 50.6 Å². The topological polar surface area (TPSA) is 0 Å². The Morgan fingerprint density at radius 3 is 1.17 bits per heavy atom. The van der Waals surface area contributed by atoms with Crippen molar-refractivity contribution in [1.82, 2.24) is 0 Å². The Balaban J connectivity index is 3.60. The summed E-state index contributed by atoms with van der Waals surface area (Å²) in [5.41, 5.74) is 7.08. The van der Waals surface area contributed by atoms with E-state index in [1.807, 2.05) is 0 Å². The van der Waals surface area contributed by atoms with Crippen LogP contribution < -0.4 is 4.46 Å². The first kappa shape index (κ1) is 9.82. The van der Waals surface area contributed by atoms with Crippen molar-refractivity contribution < 1.29 is 0 Å². The first-order chi connectivity index (χ1) is 5.46. The molecule has 0 atom stereocenters. The van der Waals surface area contributed by atoms with E-state index in [9.17, 15) is 0 Å². The standard InChI is InChI=1S/C11H15Se/c1-6-7(2)9(4)11(12)10(5)8(6)3/h1-5H3. The Bertz CT molecular complexity index is 219. The molecule has 0 fully saturated rings. The summed E-state index contributed by atoms with van der Waals surface area (Å²) >= 11 is 3.15. The van der Waals surface area contributed by atoms with Crippen molar-refractivity contribution in [3.8, 4) is 0 Å². The second-order valence-corrected chi connectivity index (χ2v) is 4.31. The maximum absolute atomic E-state index is 3.15. The average molecular weight is 226 g/mol. The molecular weight excluding hydrogens is 211 g/mol. The third-order valence-corrected chi connectivity index (χ3v) is 4.22. The van der Waals surface area contributed by atoms with Gasteiger partial charge in [0, 0.05) is 0 Å². The normalized spacial score (nSPS) is 10.4. The predicted molar refractivity (Wildman–Crippen MR) is 55.5 cm³/mol. The molecule has 1 rings (SSSR count). The Labute approximate surface area is 83.2 Å². The van der Waals surface area contributed by atoms with Gasteiger partial charge in [0.15, 0.2) is 0 Å². The van der Waals surface area contributed by atoms with Gasteiger partial charge in [-0.3, -0.25) is 0 Å². The summed E-state index contributed by atoms with van der Waals surface area (Å²) in [6.07, 6.45) is 0. The summed E-state index contributed by atoms with van der Waals surface area (Å²) in [7, 11) is 0. The van der Waals surface area contributed by atoms with E-state index in [1.165, 1.54) is 32.3 Å². The second kappa shape index (κ2) is 3.24. The van der Waals surface area contributed by atoms with Crippen molar-refractivity contribution in [2.24, 2.45) is 0 Å². The molecule has 1 radical (unpaired) electrons. The van der Waals surface area contributed by atoms with Crippen LogP contribution in [0.25, 0.3) is 0 Å². The maximum atomic E-state index is 3.15. The van der Waals surface area contributed by atoms with Crippen LogP contribution in [0.3, 0.4) is 0 Å². The van der Waals surface area contributed by atoms with Gasteiger partial charge in [0.1, 0.15) is 0 Å². The minimum atomic E-state index is 1.33. The van der Waals surface area contributed by atoms with Gasteiger partial charge in [-0.2, -0.15) is 0 Å². The molecule has 0 N–H and O–H groups in total. The van der Waals surface area contributed by atoms with Gasteiger partial charge in [-0.05, 0) is 0 Å². The van der Waals surface area contributed by atoms with Crippen LogP contribution in [0.5, 0.6) is 0 Å². The van der Waals surface area contributed by atoms with Crippen LogP contribution in [0.4, 0.5) is 0 Å². The fourth-order valence-corrected chi connectivity index (χ4v) is 2.11. The molecule has 0 nitrogen and oxygen atoms in total. The van der Waals surface area contributed by atoms with Crippen LogP contribution >= 0.6 is 0 Å². The van der Waals surface area contributed by atoms with Crippen LogP contribution in [-0.4, -0.2) is 16.0 Å². The fraction of sp³-hybridized carbons (Fsp3) is 0.455. The Hall–Kier alpha value is -0.261. The third kappa shape index (κ3) is 1.32. The zero-order chi connectivity index (χ0) is 9.46. The zero-order valence-corrected chi connectivity index (χ0v) is 10.1. The van der Waals surface area contributed by atoms with Crippen LogP contribution in [-0.2, 0) is 0 Å². The van der Waals surface area contributed by atoms with E-state index >= 15 is 0 Å². The molecule has 1 heteroatoms. The van der Waals surface area contributed by atoms with Crippen LogP contribution in [0.2, 0.25) is 0 Å². The third-order valence-electron chi connectivity index (χ3n) is 2.93. The fourth-order valence-electron chi connectivity index (χ4n) is 1.47. The number of hydrogen-bond acceptors (Lipinski definition) is 0. The molecule has 0 bridgehead atoms. The van der Waals surface area contributed by atoms with E-state index in [0.29, 0.717) is 0 Å². The molecule has 0 aromatic heterocycles. The molecule has 0 amide bonds. The van der Waals surface area contributed by atoms with Crippen LogP contribution in [0.1, 0.15) is 27.8 Å². The van der Waals surface area contributed by atoms with E-state index in [-0.39, 0.29) is 0 Å². The Morgan fingerprint density at radius 2 is 0.833 bits per heavy atom. The Kier molecular flexibility index (Phi) is 2.65. The number of rotatable bonds is 0. The van der Waals surface area contributed by atoms with Gasteiger partial charge in [-0.25, -0.2) is 0 Å². The van der Waals surface area contributed by atoms with Crippen molar-refractivity contribution >= 4 is 20.5 Å². The summed E-state index contributed by atoms with van der Waals surface area (Å²) < 4.78 is 1.33. The first-order valence-corrected chi connectivity index (χ1v) is 5.06. The number of hydrogen-bond donors (Lipinski definition) is 0. The molecule has 1 aromatic rings. The predicted octanol–water partition coefficient (Wildman–Crippen LogP) is 2.02. The minimum absolute atomic E-state index is 1.33. The molecular formula is C11H15Se.